The van der Waals surface area contributed by atoms with Crippen molar-refractivity contribution in [2.24, 2.45) is 5.41 Å². The summed E-state index contributed by atoms with van der Waals surface area (Å²) in [7, 11) is 0. The van der Waals surface area contributed by atoms with Crippen molar-refractivity contribution in [3.63, 3.8) is 0 Å². The topological polar surface area (TPSA) is 34.1 Å². The summed E-state index contributed by atoms with van der Waals surface area (Å²) in [6, 6.07) is 18.0. The predicted octanol–water partition coefficient (Wildman–Crippen LogP) is 5.82. The smallest absolute Gasteiger partial charge is 0.189 e. The van der Waals surface area contributed by atoms with Crippen LogP contribution < -0.4 is 0 Å². The lowest BCUT2D eigenvalue weighted by Crippen LogP contribution is -2.42. The van der Waals surface area contributed by atoms with Crippen molar-refractivity contribution in [2.75, 3.05) is 5.88 Å². The molecule has 0 heterocycles. The minimum atomic E-state index is -0.991. The van der Waals surface area contributed by atoms with Gasteiger partial charge in [-0.15, -0.1) is 11.6 Å². The van der Waals surface area contributed by atoms with E-state index in [1.807, 2.05) is 36.4 Å². The number of ketones is 2. The van der Waals surface area contributed by atoms with E-state index in [1.165, 1.54) is 0 Å². The molecule has 0 saturated carbocycles. The largest absolute Gasteiger partial charge is 0.293 e. The molecule has 2 nitrogen and oxygen atoms in total. The summed E-state index contributed by atoms with van der Waals surface area (Å²) in [6.45, 7) is 3.51. The van der Waals surface area contributed by atoms with Crippen LogP contribution in [0, 0.1) is 5.41 Å². The fourth-order valence-corrected chi connectivity index (χ4v) is 4.51. The van der Waals surface area contributed by atoms with Crippen molar-refractivity contribution in [3.8, 4) is 0 Å². The molecule has 1 aliphatic carbocycles. The molecule has 0 amide bonds. The van der Waals surface area contributed by atoms with Gasteiger partial charge in [0.05, 0.1) is 5.41 Å². The number of hydrogen-bond acceptors (Lipinski definition) is 2. The molecule has 0 radical (unpaired) electrons. The lowest BCUT2D eigenvalue weighted by atomic mass is 9.60. The van der Waals surface area contributed by atoms with Gasteiger partial charge >= 0.3 is 0 Å². The standard InChI is InChI=1S/C22H18Cl2O2/c1-14(20(25)15-9-5-3-6-10-15)18-19(24)17(13-23)22(18,2)21(26)16-11-7-4-8-12-16/h3-12H,13H2,1-2H3/b18-14+. The molecule has 2 aromatic carbocycles. The molecule has 4 heteroatoms. The number of carbonyl (C=O) groups excluding carboxylic acids is 2. The third-order valence-corrected chi connectivity index (χ3v) is 5.65. The number of hydrogen-bond donors (Lipinski definition) is 0. The van der Waals surface area contributed by atoms with E-state index in [-0.39, 0.29) is 17.4 Å². The van der Waals surface area contributed by atoms with Gasteiger partial charge in [0.2, 0.25) is 0 Å². The number of benzene rings is 2. The molecule has 3 rings (SSSR count). The van der Waals surface area contributed by atoms with Gasteiger partial charge in [0.25, 0.3) is 0 Å². The van der Waals surface area contributed by atoms with Crippen LogP contribution in [-0.2, 0) is 0 Å². The summed E-state index contributed by atoms with van der Waals surface area (Å²) in [6.07, 6.45) is 0. The Kier molecular flexibility index (Phi) is 5.17. The van der Waals surface area contributed by atoms with Gasteiger partial charge in [-0.05, 0) is 25.0 Å². The van der Waals surface area contributed by atoms with Crippen LogP contribution in [0.5, 0.6) is 0 Å². The molecule has 0 saturated heterocycles. The van der Waals surface area contributed by atoms with Gasteiger partial charge in [-0.1, -0.05) is 72.3 Å². The Bertz CT molecular complexity index is 927. The molecule has 0 N–H and O–H groups in total. The van der Waals surface area contributed by atoms with E-state index in [2.05, 4.69) is 0 Å². The highest BCUT2D eigenvalue weighted by atomic mass is 35.5. The van der Waals surface area contributed by atoms with E-state index in [0.717, 1.165) is 0 Å². The molecular formula is C22H18Cl2O2. The van der Waals surface area contributed by atoms with E-state index < -0.39 is 5.41 Å². The van der Waals surface area contributed by atoms with Crippen molar-refractivity contribution in [3.05, 3.63) is 93.5 Å². The Morgan fingerprint density at radius 3 is 1.92 bits per heavy atom. The van der Waals surface area contributed by atoms with Crippen LogP contribution in [0.2, 0.25) is 0 Å². The molecule has 26 heavy (non-hydrogen) atoms. The van der Waals surface area contributed by atoms with Gasteiger partial charge in [-0.3, -0.25) is 9.59 Å². The van der Waals surface area contributed by atoms with Crippen LogP contribution in [0.4, 0.5) is 0 Å². The van der Waals surface area contributed by atoms with Gasteiger partial charge in [0.1, 0.15) is 0 Å². The van der Waals surface area contributed by atoms with Crippen LogP contribution in [-0.4, -0.2) is 17.4 Å². The first-order chi connectivity index (χ1) is 12.4. The Hall–Kier alpha value is -2.16. The number of allylic oxidation sites excluding steroid dienone is 4. The maximum Gasteiger partial charge on any atom is 0.189 e. The number of carbonyl (C=O) groups is 2. The lowest BCUT2D eigenvalue weighted by Gasteiger charge is -2.43. The number of halogens is 2. The van der Waals surface area contributed by atoms with E-state index in [0.29, 0.717) is 32.9 Å². The first-order valence-electron chi connectivity index (χ1n) is 8.29. The minimum absolute atomic E-state index is 0.103. The van der Waals surface area contributed by atoms with E-state index in [9.17, 15) is 9.59 Å². The average molecular weight is 385 g/mol. The summed E-state index contributed by atoms with van der Waals surface area (Å²) in [4.78, 5) is 26.1. The molecule has 0 aliphatic heterocycles. The SMILES string of the molecule is C/C(C(=O)c1ccccc1)=C1/C(Cl)=C(CCl)C1(C)C(=O)c1ccccc1. The minimum Gasteiger partial charge on any atom is -0.293 e. The highest BCUT2D eigenvalue weighted by Crippen LogP contribution is 2.56. The fraction of sp³-hybridized carbons (Fsp3) is 0.182. The molecule has 0 spiro atoms. The molecule has 132 valence electrons. The monoisotopic (exact) mass is 384 g/mol. The third-order valence-electron chi connectivity index (χ3n) is 4.96. The quantitative estimate of drug-likeness (QED) is 0.369. The van der Waals surface area contributed by atoms with E-state index >= 15 is 0 Å². The molecule has 2 aromatic rings. The second-order valence-corrected chi connectivity index (χ2v) is 7.09. The Labute approximate surface area is 163 Å². The van der Waals surface area contributed by atoms with Crippen LogP contribution in [0.25, 0.3) is 0 Å². The highest BCUT2D eigenvalue weighted by molar-refractivity contribution is 6.38. The fourth-order valence-electron chi connectivity index (χ4n) is 3.46. The van der Waals surface area contributed by atoms with Crippen LogP contribution >= 0.6 is 23.2 Å². The van der Waals surface area contributed by atoms with E-state index in [1.54, 1.807) is 38.1 Å². The zero-order valence-electron chi connectivity index (χ0n) is 14.6. The molecule has 1 atom stereocenters. The maximum atomic E-state index is 13.2. The Morgan fingerprint density at radius 1 is 0.923 bits per heavy atom. The van der Waals surface area contributed by atoms with Crippen molar-refractivity contribution >= 4 is 34.8 Å². The number of rotatable bonds is 5. The van der Waals surface area contributed by atoms with E-state index in [4.69, 9.17) is 23.2 Å². The molecule has 0 bridgehead atoms. The zero-order chi connectivity index (χ0) is 18.9. The summed E-state index contributed by atoms with van der Waals surface area (Å²) >= 11 is 12.5. The summed E-state index contributed by atoms with van der Waals surface area (Å²) in [5.74, 6) is -0.0997. The van der Waals surface area contributed by atoms with Crippen molar-refractivity contribution in [2.45, 2.75) is 13.8 Å². The number of alkyl halides is 1. The van der Waals surface area contributed by atoms with Crippen LogP contribution in [0.1, 0.15) is 34.6 Å². The summed E-state index contributed by atoms with van der Waals surface area (Å²) in [5, 5.41) is 0.425. The van der Waals surface area contributed by atoms with Crippen molar-refractivity contribution < 1.29 is 9.59 Å². The van der Waals surface area contributed by atoms with Gasteiger partial charge in [0, 0.05) is 27.6 Å². The van der Waals surface area contributed by atoms with Crippen molar-refractivity contribution in [1.82, 2.24) is 0 Å². The highest BCUT2D eigenvalue weighted by Gasteiger charge is 2.52. The first-order valence-corrected chi connectivity index (χ1v) is 9.20. The van der Waals surface area contributed by atoms with Crippen molar-refractivity contribution in [1.29, 1.82) is 0 Å². The third kappa shape index (κ3) is 2.84. The molecule has 1 unspecified atom stereocenters. The summed E-state index contributed by atoms with van der Waals surface area (Å²) < 4.78 is 0. The predicted molar refractivity (Wildman–Crippen MR) is 106 cm³/mol. The zero-order valence-corrected chi connectivity index (χ0v) is 16.1. The first kappa shape index (κ1) is 18.6. The normalized spacial score (nSPS) is 21.2. The van der Waals surface area contributed by atoms with Gasteiger partial charge in [-0.25, -0.2) is 0 Å². The van der Waals surface area contributed by atoms with Crippen LogP contribution in [0.15, 0.2) is 82.4 Å². The molecule has 0 aromatic heterocycles. The Morgan fingerprint density at radius 2 is 1.42 bits per heavy atom. The second-order valence-electron chi connectivity index (χ2n) is 6.44. The average Bonchev–Trinajstić information content (AvgIpc) is 2.68. The second kappa shape index (κ2) is 7.22. The Balaban J connectivity index is 2.12. The molecule has 0 fully saturated rings. The molecular weight excluding hydrogens is 367 g/mol. The maximum absolute atomic E-state index is 13.2. The number of Topliss-reactive ketones (excluding diaryl/α,β-unsaturated/α-hetero) is 2. The van der Waals surface area contributed by atoms with Gasteiger partial charge < -0.3 is 0 Å². The lowest BCUT2D eigenvalue weighted by molar-refractivity contribution is 0.0879. The van der Waals surface area contributed by atoms with Gasteiger partial charge in [-0.2, -0.15) is 0 Å². The summed E-state index contributed by atoms with van der Waals surface area (Å²) in [5.41, 5.74) is 1.84. The van der Waals surface area contributed by atoms with Crippen LogP contribution in [0.3, 0.4) is 0 Å². The molecule has 1 aliphatic rings. The van der Waals surface area contributed by atoms with Gasteiger partial charge in [0.15, 0.2) is 11.6 Å².